The minimum Gasteiger partial charge on any atom is -0.292 e. The lowest BCUT2D eigenvalue weighted by molar-refractivity contribution is 0.567. The molecule has 2 aromatic rings. The molecule has 2 rings (SSSR count). The van der Waals surface area contributed by atoms with Crippen LogP contribution in [0.5, 0.6) is 0 Å². The van der Waals surface area contributed by atoms with Crippen LogP contribution in [0.2, 0.25) is 0 Å². The van der Waals surface area contributed by atoms with E-state index in [0.717, 1.165) is 9.75 Å². The molecule has 0 bridgehead atoms. The van der Waals surface area contributed by atoms with Crippen molar-refractivity contribution in [1.29, 1.82) is 0 Å². The quantitative estimate of drug-likeness (QED) is 0.564. The van der Waals surface area contributed by atoms with Gasteiger partial charge in [-0.1, -0.05) is 0 Å². The molecular weight excluding hydrogens is 298 g/mol. The van der Waals surface area contributed by atoms with Crippen LogP contribution in [0.1, 0.15) is 22.7 Å². The van der Waals surface area contributed by atoms with Crippen LogP contribution in [0, 0.1) is 6.92 Å². The molecule has 2 heterocycles. The number of aromatic nitrogens is 2. The number of nitrogen functional groups attached to an aromatic ring is 1. The fourth-order valence-electron chi connectivity index (χ4n) is 1.57. The van der Waals surface area contributed by atoms with E-state index in [1.165, 1.54) is 12.4 Å². The van der Waals surface area contributed by atoms with Gasteiger partial charge in [0.1, 0.15) is 4.90 Å². The predicted molar refractivity (Wildman–Crippen MR) is 77.6 cm³/mol. The first kappa shape index (κ1) is 14.9. The van der Waals surface area contributed by atoms with Crippen LogP contribution < -0.4 is 16.0 Å². The highest BCUT2D eigenvalue weighted by Gasteiger charge is 2.20. The number of hydrogen-bond acceptors (Lipinski definition) is 7. The zero-order chi connectivity index (χ0) is 14.8. The van der Waals surface area contributed by atoms with E-state index in [2.05, 4.69) is 20.1 Å². The molecule has 1 atom stereocenters. The molecule has 7 nitrogen and oxygen atoms in total. The van der Waals surface area contributed by atoms with Crippen LogP contribution in [0.25, 0.3) is 0 Å². The van der Waals surface area contributed by atoms with Gasteiger partial charge in [0, 0.05) is 9.75 Å². The molecule has 2 aromatic heterocycles. The number of hydrogen-bond donors (Lipinski definition) is 3. The molecule has 0 amide bonds. The Morgan fingerprint density at radius 3 is 2.45 bits per heavy atom. The highest BCUT2D eigenvalue weighted by molar-refractivity contribution is 7.89. The summed E-state index contributed by atoms with van der Waals surface area (Å²) >= 11 is 1.55. The number of nitrogens with zero attached hydrogens (tertiary/aromatic N) is 2. The average Bonchev–Trinajstić information content (AvgIpc) is 2.85. The third-order valence-electron chi connectivity index (χ3n) is 2.59. The molecule has 0 aliphatic carbocycles. The van der Waals surface area contributed by atoms with Crippen molar-refractivity contribution >= 4 is 27.3 Å². The van der Waals surface area contributed by atoms with Gasteiger partial charge in [0.25, 0.3) is 0 Å². The Morgan fingerprint density at radius 1 is 1.30 bits per heavy atom. The monoisotopic (exact) mass is 313 g/mol. The first-order chi connectivity index (χ1) is 9.42. The first-order valence-corrected chi connectivity index (χ1v) is 8.09. The van der Waals surface area contributed by atoms with Crippen LogP contribution >= 0.6 is 11.3 Å². The van der Waals surface area contributed by atoms with Gasteiger partial charge in [-0.3, -0.25) is 5.43 Å². The third-order valence-corrected chi connectivity index (χ3v) is 5.27. The number of rotatable bonds is 5. The van der Waals surface area contributed by atoms with Gasteiger partial charge in [-0.2, -0.15) is 0 Å². The Hall–Kier alpha value is -1.55. The normalized spacial score (nSPS) is 13.2. The summed E-state index contributed by atoms with van der Waals surface area (Å²) in [6.07, 6.45) is 2.41. The summed E-state index contributed by atoms with van der Waals surface area (Å²) in [5.74, 6) is 5.29. The number of thiophene rings is 1. The van der Waals surface area contributed by atoms with E-state index in [1.807, 2.05) is 19.1 Å². The van der Waals surface area contributed by atoms with E-state index in [-0.39, 0.29) is 16.9 Å². The van der Waals surface area contributed by atoms with Crippen LogP contribution in [-0.4, -0.2) is 18.4 Å². The molecule has 0 fully saturated rings. The van der Waals surface area contributed by atoms with Crippen LogP contribution in [0.4, 0.5) is 5.95 Å². The molecule has 108 valence electrons. The maximum Gasteiger partial charge on any atom is 0.244 e. The van der Waals surface area contributed by atoms with E-state index < -0.39 is 10.0 Å². The van der Waals surface area contributed by atoms with Crippen molar-refractivity contribution in [2.24, 2.45) is 5.84 Å². The molecule has 0 saturated heterocycles. The van der Waals surface area contributed by atoms with Gasteiger partial charge in [0.2, 0.25) is 16.0 Å². The average molecular weight is 313 g/mol. The molecule has 0 spiro atoms. The van der Waals surface area contributed by atoms with Crippen LogP contribution in [0.15, 0.2) is 29.4 Å². The van der Waals surface area contributed by atoms with Gasteiger partial charge in [-0.15, -0.1) is 11.3 Å². The standard InChI is InChI=1S/C11H15N5O2S2/c1-7-3-4-10(19-7)8(2)16-20(17,18)9-5-13-11(15-12)14-6-9/h3-6,8,16H,12H2,1-2H3,(H,13,14,15). The molecule has 0 aliphatic rings. The fourth-order valence-corrected chi connectivity index (χ4v) is 3.64. The number of hydrazine groups is 1. The zero-order valence-corrected chi connectivity index (χ0v) is 12.6. The molecule has 20 heavy (non-hydrogen) atoms. The lowest BCUT2D eigenvalue weighted by Gasteiger charge is -2.12. The highest BCUT2D eigenvalue weighted by atomic mass is 32.2. The predicted octanol–water partition coefficient (Wildman–Crippen LogP) is 1.17. The Bertz CT molecular complexity index is 681. The molecule has 0 aromatic carbocycles. The lowest BCUT2D eigenvalue weighted by Crippen LogP contribution is -2.26. The molecule has 4 N–H and O–H groups in total. The lowest BCUT2D eigenvalue weighted by atomic mass is 10.3. The molecule has 0 aliphatic heterocycles. The number of nitrogens with one attached hydrogen (secondary N) is 2. The van der Waals surface area contributed by atoms with Crippen LogP contribution in [-0.2, 0) is 10.0 Å². The van der Waals surface area contributed by atoms with Crippen LogP contribution in [0.3, 0.4) is 0 Å². The second-order valence-corrected chi connectivity index (χ2v) is 7.21. The number of nitrogens with two attached hydrogens (primary N) is 1. The van der Waals surface area contributed by atoms with Crippen molar-refractivity contribution in [2.45, 2.75) is 24.8 Å². The largest absolute Gasteiger partial charge is 0.292 e. The maximum atomic E-state index is 12.2. The van der Waals surface area contributed by atoms with E-state index in [4.69, 9.17) is 5.84 Å². The summed E-state index contributed by atoms with van der Waals surface area (Å²) in [4.78, 5) is 9.65. The minimum atomic E-state index is -3.66. The summed E-state index contributed by atoms with van der Waals surface area (Å²) in [7, 11) is -3.66. The van der Waals surface area contributed by atoms with Crippen molar-refractivity contribution in [3.05, 3.63) is 34.3 Å². The fraction of sp³-hybridized carbons (Fsp3) is 0.273. The molecule has 0 saturated carbocycles. The van der Waals surface area contributed by atoms with E-state index in [9.17, 15) is 8.42 Å². The second kappa shape index (κ2) is 5.83. The SMILES string of the molecule is Cc1ccc(C(C)NS(=O)(=O)c2cnc(NN)nc2)s1. The topological polar surface area (TPSA) is 110 Å². The molecule has 0 radical (unpaired) electrons. The molecular formula is C11H15N5O2S2. The summed E-state index contributed by atoms with van der Waals surface area (Å²) in [6, 6.07) is 3.55. The number of anilines is 1. The van der Waals surface area contributed by atoms with Crippen molar-refractivity contribution < 1.29 is 8.42 Å². The summed E-state index contributed by atoms with van der Waals surface area (Å²) < 4.78 is 27.0. The van der Waals surface area contributed by atoms with E-state index >= 15 is 0 Å². The Kier molecular flexibility index (Phi) is 4.33. The molecule has 9 heteroatoms. The van der Waals surface area contributed by atoms with Gasteiger partial charge in [0.15, 0.2) is 0 Å². The van der Waals surface area contributed by atoms with Gasteiger partial charge in [-0.05, 0) is 26.0 Å². The van der Waals surface area contributed by atoms with E-state index in [1.54, 1.807) is 18.3 Å². The summed E-state index contributed by atoms with van der Waals surface area (Å²) in [5.41, 5.74) is 2.24. The van der Waals surface area contributed by atoms with E-state index in [0.29, 0.717) is 0 Å². The van der Waals surface area contributed by atoms with Gasteiger partial charge in [0.05, 0.1) is 18.4 Å². The van der Waals surface area contributed by atoms with Gasteiger partial charge < -0.3 is 0 Å². The first-order valence-electron chi connectivity index (χ1n) is 5.79. The smallest absolute Gasteiger partial charge is 0.244 e. The van der Waals surface area contributed by atoms with Crippen molar-refractivity contribution in [2.75, 3.05) is 5.43 Å². The minimum absolute atomic E-state index is 0.00312. The second-order valence-electron chi connectivity index (χ2n) is 4.18. The summed E-state index contributed by atoms with van der Waals surface area (Å²) in [5, 5.41) is 0. The van der Waals surface area contributed by atoms with Gasteiger partial charge in [-0.25, -0.2) is 29.0 Å². The zero-order valence-electron chi connectivity index (χ0n) is 11.0. The molecule has 1 unspecified atom stereocenters. The Labute approximate surface area is 121 Å². The third kappa shape index (κ3) is 3.31. The van der Waals surface area contributed by atoms with Crippen molar-refractivity contribution in [1.82, 2.24) is 14.7 Å². The maximum absolute atomic E-state index is 12.2. The Morgan fingerprint density at radius 2 is 1.95 bits per heavy atom. The number of sulfonamides is 1. The van der Waals surface area contributed by atoms with Crippen molar-refractivity contribution in [3.63, 3.8) is 0 Å². The van der Waals surface area contributed by atoms with Gasteiger partial charge >= 0.3 is 0 Å². The Balaban J connectivity index is 2.17. The van der Waals surface area contributed by atoms with Crippen molar-refractivity contribution in [3.8, 4) is 0 Å². The number of aryl methyl sites for hydroxylation is 1. The summed E-state index contributed by atoms with van der Waals surface area (Å²) in [6.45, 7) is 3.77. The highest BCUT2D eigenvalue weighted by Crippen LogP contribution is 2.23.